The van der Waals surface area contributed by atoms with Gasteiger partial charge in [-0.2, -0.15) is 0 Å². The van der Waals surface area contributed by atoms with Crippen molar-refractivity contribution < 1.29 is 23.2 Å². The average Bonchev–Trinajstić information content (AvgIpc) is 2.65. The highest BCUT2D eigenvalue weighted by Gasteiger charge is 2.27. The number of benzene rings is 1. The maximum atomic E-state index is 14.1. The number of hydrogen-bond donors (Lipinski definition) is 2. The van der Waals surface area contributed by atoms with E-state index in [1.165, 1.54) is 12.1 Å². The molecule has 0 saturated heterocycles. The van der Waals surface area contributed by atoms with Crippen molar-refractivity contribution in [2.24, 2.45) is 10.8 Å². The number of hydrogen-bond acceptors (Lipinski definition) is 5. The van der Waals surface area contributed by atoms with E-state index in [1.54, 1.807) is 34.6 Å². The third-order valence-corrected chi connectivity index (χ3v) is 4.29. The minimum Gasteiger partial charge on any atom is -0.369 e. The summed E-state index contributed by atoms with van der Waals surface area (Å²) in [5, 5.41) is 5.53. The van der Waals surface area contributed by atoms with E-state index < -0.39 is 39.7 Å². The fourth-order valence-corrected chi connectivity index (χ4v) is 2.34. The first-order valence-corrected chi connectivity index (χ1v) is 9.37. The summed E-state index contributed by atoms with van der Waals surface area (Å²) < 4.78 is 28.3. The van der Waals surface area contributed by atoms with E-state index in [1.807, 2.05) is 0 Å². The normalized spacial score (nSPS) is 11.7. The summed E-state index contributed by atoms with van der Waals surface area (Å²) in [4.78, 5) is 40.7. The Bertz CT molecular complexity index is 962. The third-order valence-electron chi connectivity index (χ3n) is 4.29. The summed E-state index contributed by atoms with van der Waals surface area (Å²) >= 11 is 0. The van der Waals surface area contributed by atoms with Gasteiger partial charge in [0.2, 0.25) is 11.7 Å². The predicted molar refractivity (Wildman–Crippen MR) is 110 cm³/mol. The van der Waals surface area contributed by atoms with Crippen LogP contribution < -0.4 is 10.6 Å². The largest absolute Gasteiger partial charge is 0.369 e. The zero-order valence-corrected chi connectivity index (χ0v) is 17.6. The Hall–Kier alpha value is -3.16. The SMILES string of the molecule is CC(C)(C=O)CNc1ccc(C(=O)c2c(F)cccc2F)c(NC(=O)C(C)(C)C)n1. The molecule has 0 saturated carbocycles. The molecule has 0 bridgehead atoms. The van der Waals surface area contributed by atoms with Crippen molar-refractivity contribution in [3.05, 3.63) is 53.1 Å². The van der Waals surface area contributed by atoms with Gasteiger partial charge in [-0.3, -0.25) is 9.59 Å². The Morgan fingerprint density at radius 3 is 2.17 bits per heavy atom. The predicted octanol–water partition coefficient (Wildman–Crippen LogP) is 4.21. The van der Waals surface area contributed by atoms with Crippen molar-refractivity contribution in [1.82, 2.24) is 4.98 Å². The van der Waals surface area contributed by atoms with Gasteiger partial charge in [-0.05, 0) is 24.3 Å². The number of amides is 1. The van der Waals surface area contributed by atoms with Crippen LogP contribution in [-0.4, -0.2) is 29.5 Å². The van der Waals surface area contributed by atoms with Gasteiger partial charge in [-0.25, -0.2) is 13.8 Å². The van der Waals surface area contributed by atoms with Crippen molar-refractivity contribution >= 4 is 29.6 Å². The number of aromatic nitrogens is 1. The summed E-state index contributed by atoms with van der Waals surface area (Å²) in [6.45, 7) is 8.74. The molecular weight excluding hydrogens is 392 g/mol. The van der Waals surface area contributed by atoms with E-state index in [4.69, 9.17) is 0 Å². The van der Waals surface area contributed by atoms with E-state index in [9.17, 15) is 23.2 Å². The van der Waals surface area contributed by atoms with Gasteiger partial charge in [0, 0.05) is 17.4 Å². The summed E-state index contributed by atoms with van der Waals surface area (Å²) in [7, 11) is 0. The van der Waals surface area contributed by atoms with Crippen LogP contribution in [0.4, 0.5) is 20.4 Å². The Morgan fingerprint density at radius 2 is 1.63 bits per heavy atom. The molecule has 2 rings (SSSR count). The Kier molecular flexibility index (Phi) is 6.70. The van der Waals surface area contributed by atoms with Gasteiger partial charge < -0.3 is 15.4 Å². The van der Waals surface area contributed by atoms with Gasteiger partial charge >= 0.3 is 0 Å². The molecule has 0 fully saturated rings. The van der Waals surface area contributed by atoms with Crippen molar-refractivity contribution in [1.29, 1.82) is 0 Å². The lowest BCUT2D eigenvalue weighted by molar-refractivity contribution is -0.123. The van der Waals surface area contributed by atoms with Gasteiger partial charge in [0.15, 0.2) is 0 Å². The zero-order valence-electron chi connectivity index (χ0n) is 17.6. The van der Waals surface area contributed by atoms with Crippen molar-refractivity contribution in [2.45, 2.75) is 34.6 Å². The number of nitrogens with one attached hydrogen (secondary N) is 2. The molecule has 1 amide bonds. The molecule has 0 unspecified atom stereocenters. The first-order chi connectivity index (χ1) is 13.9. The maximum Gasteiger partial charge on any atom is 0.230 e. The summed E-state index contributed by atoms with van der Waals surface area (Å²) in [6.07, 6.45) is 0.793. The van der Waals surface area contributed by atoms with Gasteiger partial charge in [0.1, 0.15) is 29.6 Å². The number of ketones is 1. The molecule has 2 N–H and O–H groups in total. The average molecular weight is 417 g/mol. The minimum atomic E-state index is -1.01. The quantitative estimate of drug-likeness (QED) is 0.520. The molecule has 30 heavy (non-hydrogen) atoms. The number of aldehydes is 1. The molecule has 6 nitrogen and oxygen atoms in total. The van der Waals surface area contributed by atoms with E-state index in [2.05, 4.69) is 15.6 Å². The molecule has 0 aliphatic heterocycles. The van der Waals surface area contributed by atoms with Crippen LogP contribution >= 0.6 is 0 Å². The summed E-state index contributed by atoms with van der Waals surface area (Å²) in [5.41, 5.74) is -2.35. The number of carbonyl (C=O) groups is 3. The van der Waals surface area contributed by atoms with Crippen LogP contribution in [0.3, 0.4) is 0 Å². The number of rotatable bonds is 7. The summed E-state index contributed by atoms with van der Waals surface area (Å²) in [5.74, 6) is -3.23. The number of pyridine rings is 1. The van der Waals surface area contributed by atoms with E-state index in [-0.39, 0.29) is 17.9 Å². The van der Waals surface area contributed by atoms with Crippen LogP contribution in [0.25, 0.3) is 0 Å². The van der Waals surface area contributed by atoms with E-state index >= 15 is 0 Å². The number of carbonyl (C=O) groups excluding carboxylic acids is 3. The highest BCUT2D eigenvalue weighted by Crippen LogP contribution is 2.26. The maximum absolute atomic E-state index is 14.1. The molecule has 1 aromatic heterocycles. The molecule has 0 aliphatic carbocycles. The van der Waals surface area contributed by atoms with Gasteiger partial charge in [-0.15, -0.1) is 0 Å². The molecule has 160 valence electrons. The monoisotopic (exact) mass is 417 g/mol. The summed E-state index contributed by atoms with van der Waals surface area (Å²) in [6, 6.07) is 5.89. The molecule has 1 heterocycles. The van der Waals surface area contributed by atoms with Crippen molar-refractivity contribution in [3.8, 4) is 0 Å². The fourth-order valence-electron chi connectivity index (χ4n) is 2.34. The van der Waals surface area contributed by atoms with E-state index in [0.29, 0.717) is 5.82 Å². The van der Waals surface area contributed by atoms with Gasteiger partial charge in [0.25, 0.3) is 0 Å². The lowest BCUT2D eigenvalue weighted by atomic mass is 9.95. The molecule has 1 aromatic carbocycles. The lowest BCUT2D eigenvalue weighted by Crippen LogP contribution is -2.29. The Labute approximate surface area is 174 Å². The van der Waals surface area contributed by atoms with Crippen molar-refractivity contribution in [3.63, 3.8) is 0 Å². The van der Waals surface area contributed by atoms with Crippen LogP contribution in [0.5, 0.6) is 0 Å². The Balaban J connectivity index is 2.49. The number of anilines is 2. The van der Waals surface area contributed by atoms with Crippen LogP contribution in [0.2, 0.25) is 0 Å². The zero-order chi connectivity index (χ0) is 22.7. The first-order valence-electron chi connectivity index (χ1n) is 9.37. The Morgan fingerprint density at radius 1 is 1.03 bits per heavy atom. The number of nitrogens with zero attached hydrogens (tertiary/aromatic N) is 1. The topological polar surface area (TPSA) is 88.2 Å². The highest BCUT2D eigenvalue weighted by atomic mass is 19.1. The third kappa shape index (κ3) is 5.46. The second-order valence-corrected chi connectivity index (χ2v) is 8.68. The molecule has 0 radical (unpaired) electrons. The van der Waals surface area contributed by atoms with E-state index in [0.717, 1.165) is 24.5 Å². The van der Waals surface area contributed by atoms with Crippen molar-refractivity contribution in [2.75, 3.05) is 17.2 Å². The smallest absolute Gasteiger partial charge is 0.230 e. The number of halogens is 2. The first kappa shape index (κ1) is 23.1. The lowest BCUT2D eigenvalue weighted by Gasteiger charge is -2.21. The molecule has 2 aromatic rings. The van der Waals surface area contributed by atoms with Gasteiger partial charge in [-0.1, -0.05) is 40.7 Å². The molecular formula is C22H25F2N3O3. The van der Waals surface area contributed by atoms with Crippen LogP contribution in [0.1, 0.15) is 50.5 Å². The minimum absolute atomic E-state index is 0.128. The van der Waals surface area contributed by atoms with Crippen LogP contribution in [0.15, 0.2) is 30.3 Å². The molecule has 0 spiro atoms. The standard InChI is InChI=1S/C22H25F2N3O3/c1-21(2,3)20(30)27-19-13(18(29)17-14(23)7-6-8-15(17)24)9-10-16(26-19)25-11-22(4,5)12-28/h6-10,12H,11H2,1-5H3,(H2,25,26,27,30). The van der Waals surface area contributed by atoms with Crippen LogP contribution in [-0.2, 0) is 9.59 Å². The second kappa shape index (κ2) is 8.69. The molecule has 0 aliphatic rings. The molecule has 8 heteroatoms. The second-order valence-electron chi connectivity index (χ2n) is 8.68. The fraction of sp³-hybridized carbons (Fsp3) is 0.364. The van der Waals surface area contributed by atoms with Crippen LogP contribution in [0, 0.1) is 22.5 Å². The molecule has 0 atom stereocenters. The highest BCUT2D eigenvalue weighted by molar-refractivity contribution is 6.13. The van der Waals surface area contributed by atoms with Gasteiger partial charge in [0.05, 0.1) is 11.1 Å².